The lowest BCUT2D eigenvalue weighted by atomic mass is 10.1. The van der Waals surface area contributed by atoms with Crippen LogP contribution >= 0.6 is 0 Å². The molecule has 1 aromatic rings. The van der Waals surface area contributed by atoms with E-state index in [1.807, 2.05) is 6.07 Å². The zero-order valence-corrected chi connectivity index (χ0v) is 10.2. The average molecular weight is 224 g/mol. The van der Waals surface area contributed by atoms with Gasteiger partial charge in [-0.1, -0.05) is 6.07 Å². The van der Waals surface area contributed by atoms with E-state index in [0.717, 1.165) is 31.9 Å². The number of hydrogen-bond acceptors (Lipinski definition) is 2. The van der Waals surface area contributed by atoms with Crippen LogP contribution in [0.4, 0.5) is 0 Å². The van der Waals surface area contributed by atoms with Crippen molar-refractivity contribution >= 4 is 0 Å². The van der Waals surface area contributed by atoms with E-state index < -0.39 is 0 Å². The maximum absolute atomic E-state index is 8.59. The van der Waals surface area contributed by atoms with Crippen molar-refractivity contribution in [3.05, 3.63) is 29.3 Å². The van der Waals surface area contributed by atoms with Gasteiger partial charge in [-0.15, -0.1) is 0 Å². The van der Waals surface area contributed by atoms with E-state index in [4.69, 9.17) is 9.84 Å². The number of quaternary nitrogens is 1. The zero-order valence-electron chi connectivity index (χ0n) is 10.2. The Kier molecular flexibility index (Phi) is 5.90. The van der Waals surface area contributed by atoms with Gasteiger partial charge < -0.3 is 15.2 Å². The highest BCUT2D eigenvalue weighted by Crippen LogP contribution is 2.16. The largest absolute Gasteiger partial charge is 0.493 e. The van der Waals surface area contributed by atoms with Gasteiger partial charge in [-0.2, -0.15) is 0 Å². The molecule has 0 radical (unpaired) electrons. The number of ether oxygens (including phenoxy) is 1. The maximum atomic E-state index is 8.59. The summed E-state index contributed by atoms with van der Waals surface area (Å²) >= 11 is 0. The van der Waals surface area contributed by atoms with E-state index in [1.165, 1.54) is 11.1 Å². The van der Waals surface area contributed by atoms with Gasteiger partial charge in [-0.25, -0.2) is 0 Å². The molecular formula is C13H22NO2+. The summed E-state index contributed by atoms with van der Waals surface area (Å²) in [4.78, 5) is 0. The summed E-state index contributed by atoms with van der Waals surface area (Å²) in [7, 11) is 0. The summed E-state index contributed by atoms with van der Waals surface area (Å²) in [5.41, 5.74) is 2.56. The molecule has 0 fully saturated rings. The molecule has 0 saturated carbocycles. The van der Waals surface area contributed by atoms with Crippen LogP contribution in [0.5, 0.6) is 5.75 Å². The van der Waals surface area contributed by atoms with Crippen molar-refractivity contribution in [2.24, 2.45) is 0 Å². The van der Waals surface area contributed by atoms with Crippen LogP contribution in [0.15, 0.2) is 18.2 Å². The number of benzene rings is 1. The Morgan fingerprint density at radius 1 is 1.19 bits per heavy atom. The molecule has 0 aromatic heterocycles. The van der Waals surface area contributed by atoms with Crippen LogP contribution in [0.25, 0.3) is 0 Å². The second-order valence-corrected chi connectivity index (χ2v) is 4.04. The third kappa shape index (κ3) is 4.64. The van der Waals surface area contributed by atoms with Crippen molar-refractivity contribution in [3.63, 3.8) is 0 Å². The summed E-state index contributed by atoms with van der Waals surface area (Å²) < 4.78 is 5.64. The fourth-order valence-corrected chi connectivity index (χ4v) is 1.46. The highest BCUT2D eigenvalue weighted by Gasteiger charge is 1.97. The number of aliphatic hydroxyl groups excluding tert-OH is 1. The van der Waals surface area contributed by atoms with Gasteiger partial charge in [0.05, 0.1) is 26.3 Å². The highest BCUT2D eigenvalue weighted by molar-refractivity contribution is 5.33. The molecule has 3 heteroatoms. The van der Waals surface area contributed by atoms with E-state index in [9.17, 15) is 0 Å². The van der Waals surface area contributed by atoms with Crippen LogP contribution in [0.2, 0.25) is 0 Å². The number of hydrogen-bond donors (Lipinski definition) is 2. The monoisotopic (exact) mass is 224 g/mol. The average Bonchev–Trinajstić information content (AvgIpc) is 2.28. The third-order valence-electron chi connectivity index (χ3n) is 2.63. The summed E-state index contributed by atoms with van der Waals surface area (Å²) in [6.07, 6.45) is 1.01. The molecule has 1 aromatic carbocycles. The first-order chi connectivity index (χ1) is 7.74. The first-order valence-corrected chi connectivity index (χ1v) is 5.86. The molecule has 0 heterocycles. The lowest BCUT2D eigenvalue weighted by Gasteiger charge is -2.07. The number of nitrogens with two attached hydrogens (primary N) is 1. The molecule has 0 amide bonds. The standard InChI is InChI=1S/C13H21NO2/c1-11-4-5-13(10-12(11)2)16-9-3-6-14-7-8-15/h4-5,10,14-15H,3,6-9H2,1-2H3/p+1. The minimum Gasteiger partial charge on any atom is -0.493 e. The lowest BCUT2D eigenvalue weighted by Crippen LogP contribution is -2.85. The Labute approximate surface area is 97.4 Å². The highest BCUT2D eigenvalue weighted by atomic mass is 16.5. The molecule has 0 unspecified atom stereocenters. The SMILES string of the molecule is Cc1ccc(OCCC[NH2+]CCO)cc1C. The van der Waals surface area contributed by atoms with Crippen LogP contribution in [0.3, 0.4) is 0 Å². The predicted octanol–water partition coefficient (Wildman–Crippen LogP) is 0.628. The van der Waals surface area contributed by atoms with Crippen LogP contribution in [0.1, 0.15) is 17.5 Å². The molecule has 0 aliphatic heterocycles. The Hall–Kier alpha value is -1.06. The summed E-state index contributed by atoms with van der Waals surface area (Å²) in [5.74, 6) is 0.949. The van der Waals surface area contributed by atoms with Crippen molar-refractivity contribution in [2.45, 2.75) is 20.3 Å². The van der Waals surface area contributed by atoms with Crippen LogP contribution in [-0.4, -0.2) is 31.4 Å². The number of aliphatic hydroxyl groups is 1. The second kappa shape index (κ2) is 7.25. The Balaban J connectivity index is 2.19. The van der Waals surface area contributed by atoms with Gasteiger partial charge in [0, 0.05) is 6.42 Å². The lowest BCUT2D eigenvalue weighted by molar-refractivity contribution is -0.656. The minimum atomic E-state index is 0.248. The molecule has 0 atom stereocenters. The minimum absolute atomic E-state index is 0.248. The summed E-state index contributed by atoms with van der Waals surface area (Å²) in [5, 5.41) is 10.7. The molecule has 0 aliphatic carbocycles. The van der Waals surface area contributed by atoms with Gasteiger partial charge in [-0.05, 0) is 37.1 Å². The van der Waals surface area contributed by atoms with Gasteiger partial charge in [0.25, 0.3) is 0 Å². The fourth-order valence-electron chi connectivity index (χ4n) is 1.46. The molecule has 3 N–H and O–H groups in total. The van der Waals surface area contributed by atoms with E-state index in [1.54, 1.807) is 0 Å². The van der Waals surface area contributed by atoms with Crippen LogP contribution in [0, 0.1) is 13.8 Å². The zero-order chi connectivity index (χ0) is 11.8. The van der Waals surface area contributed by atoms with Gasteiger partial charge in [-0.3, -0.25) is 0 Å². The van der Waals surface area contributed by atoms with Crippen molar-refractivity contribution in [1.82, 2.24) is 0 Å². The second-order valence-electron chi connectivity index (χ2n) is 4.04. The van der Waals surface area contributed by atoms with Gasteiger partial charge in [0.2, 0.25) is 0 Å². The van der Waals surface area contributed by atoms with Crippen LogP contribution in [-0.2, 0) is 0 Å². The van der Waals surface area contributed by atoms with Crippen LogP contribution < -0.4 is 10.1 Å². The van der Waals surface area contributed by atoms with E-state index >= 15 is 0 Å². The molecule has 90 valence electrons. The molecule has 0 spiro atoms. The first-order valence-electron chi connectivity index (χ1n) is 5.86. The Morgan fingerprint density at radius 2 is 2.00 bits per heavy atom. The summed E-state index contributed by atoms with van der Waals surface area (Å²) in [6, 6.07) is 6.18. The molecule has 0 aliphatic rings. The van der Waals surface area contributed by atoms with Gasteiger partial charge in [0.15, 0.2) is 0 Å². The molecule has 0 bridgehead atoms. The smallest absolute Gasteiger partial charge is 0.119 e. The Bertz CT molecular complexity index is 313. The van der Waals surface area contributed by atoms with Gasteiger partial charge in [0.1, 0.15) is 5.75 Å². The fraction of sp³-hybridized carbons (Fsp3) is 0.538. The van der Waals surface area contributed by atoms with Crippen molar-refractivity contribution in [3.8, 4) is 5.75 Å². The molecule has 3 nitrogen and oxygen atoms in total. The Morgan fingerprint density at radius 3 is 2.69 bits per heavy atom. The van der Waals surface area contributed by atoms with E-state index in [0.29, 0.717) is 0 Å². The number of rotatable bonds is 7. The normalized spacial score (nSPS) is 10.4. The van der Waals surface area contributed by atoms with Crippen molar-refractivity contribution in [2.75, 3.05) is 26.3 Å². The molecule has 1 rings (SSSR count). The number of aryl methyl sites for hydroxylation is 2. The van der Waals surface area contributed by atoms with Gasteiger partial charge >= 0.3 is 0 Å². The third-order valence-corrected chi connectivity index (χ3v) is 2.63. The quantitative estimate of drug-likeness (QED) is 0.667. The van der Waals surface area contributed by atoms with E-state index in [-0.39, 0.29) is 6.61 Å². The van der Waals surface area contributed by atoms with Crippen molar-refractivity contribution < 1.29 is 15.2 Å². The molecule has 0 saturated heterocycles. The first kappa shape index (κ1) is 13.0. The molecular weight excluding hydrogens is 202 g/mol. The topological polar surface area (TPSA) is 46.1 Å². The maximum Gasteiger partial charge on any atom is 0.119 e. The molecule has 16 heavy (non-hydrogen) atoms. The predicted molar refractivity (Wildman–Crippen MR) is 64.8 cm³/mol. The van der Waals surface area contributed by atoms with E-state index in [2.05, 4.69) is 31.3 Å². The summed E-state index contributed by atoms with van der Waals surface area (Å²) in [6.45, 7) is 6.97. The van der Waals surface area contributed by atoms with Crippen molar-refractivity contribution in [1.29, 1.82) is 0 Å².